The van der Waals surface area contributed by atoms with Crippen LogP contribution in [0.2, 0.25) is 0 Å². The van der Waals surface area contributed by atoms with Crippen molar-refractivity contribution in [3.05, 3.63) is 66.7 Å². The minimum Gasteiger partial charge on any atom is -0.274 e. The highest BCUT2D eigenvalue weighted by molar-refractivity contribution is 7.16. The normalized spacial score (nSPS) is 12.8. The Bertz CT molecular complexity index is 1710. The molecule has 5 heteroatoms. The molecule has 0 aliphatic carbocycles. The van der Waals surface area contributed by atoms with Crippen molar-refractivity contribution in [3.63, 3.8) is 0 Å². The lowest BCUT2D eigenvalue weighted by atomic mass is 9.96. The Balaban J connectivity index is 1.42. The van der Waals surface area contributed by atoms with Crippen LogP contribution in [-0.2, 0) is 12.8 Å². The van der Waals surface area contributed by atoms with E-state index in [-0.39, 0.29) is 11.8 Å². The van der Waals surface area contributed by atoms with Crippen molar-refractivity contribution >= 4 is 46.6 Å². The highest BCUT2D eigenvalue weighted by atomic mass is 32.1. The van der Waals surface area contributed by atoms with E-state index < -0.39 is 0 Å². The second-order valence-corrected chi connectivity index (χ2v) is 20.9. The topological polar surface area (TPSA) is 37.4 Å². The number of rotatable bonds is 36. The predicted octanol–water partition coefficient (Wildman–Crippen LogP) is 18.7. The van der Waals surface area contributed by atoms with Gasteiger partial charge in [-0.05, 0) is 86.9 Å². The molecule has 0 N–H and O–H groups in total. The summed E-state index contributed by atoms with van der Waals surface area (Å²) in [7, 11) is 0. The fraction of sp³-hybridized carbons (Fsp3) is 0.679. The minimum absolute atomic E-state index is 0.0953. The molecule has 61 heavy (non-hydrogen) atoms. The molecule has 0 bridgehead atoms. The number of nitrogens with zero attached hydrogens (tertiary/aromatic N) is 1. The number of carbonyl (C=O) groups excluding carboxylic acids is 2. The monoisotopic (exact) mass is 870 g/mol. The summed E-state index contributed by atoms with van der Waals surface area (Å²) in [6, 6.07) is 8.95. The second-order valence-electron chi connectivity index (χ2n) is 18.6. The average Bonchev–Trinajstić information content (AvgIpc) is 3.91. The second kappa shape index (κ2) is 30.6. The molecule has 3 nitrogen and oxygen atoms in total. The molecular weight excluding hydrogens is 783 g/mol. The van der Waals surface area contributed by atoms with Crippen LogP contribution in [0.4, 0.5) is 0 Å². The Morgan fingerprint density at radius 2 is 0.852 bits per heavy atom. The summed E-state index contributed by atoms with van der Waals surface area (Å²) in [5.41, 5.74) is 5.98. The van der Waals surface area contributed by atoms with Gasteiger partial charge in [0.05, 0.1) is 11.1 Å². The molecule has 0 atom stereocenters. The molecule has 0 saturated heterocycles. The van der Waals surface area contributed by atoms with E-state index in [9.17, 15) is 9.59 Å². The summed E-state index contributed by atoms with van der Waals surface area (Å²) in [4.78, 5) is 34.8. The van der Waals surface area contributed by atoms with Crippen LogP contribution in [-0.4, -0.2) is 23.3 Å². The van der Waals surface area contributed by atoms with E-state index in [0.29, 0.717) is 17.7 Å². The average molecular weight is 870 g/mol. The minimum atomic E-state index is -0.0967. The number of benzene rings is 1. The van der Waals surface area contributed by atoms with Gasteiger partial charge in [-0.1, -0.05) is 206 Å². The Morgan fingerprint density at radius 1 is 0.459 bits per heavy atom. The van der Waals surface area contributed by atoms with Gasteiger partial charge in [-0.2, -0.15) is 0 Å². The molecule has 1 aliphatic heterocycles. The predicted molar refractivity (Wildman–Crippen MR) is 271 cm³/mol. The number of hydrogen-bond donors (Lipinski definition) is 0. The molecule has 4 rings (SSSR count). The van der Waals surface area contributed by atoms with Gasteiger partial charge in [0.1, 0.15) is 0 Å². The summed E-state index contributed by atoms with van der Waals surface area (Å²) in [6.45, 7) is 11.6. The van der Waals surface area contributed by atoms with Crippen LogP contribution in [0.25, 0.3) is 22.6 Å². The van der Waals surface area contributed by atoms with Gasteiger partial charge in [-0.15, -0.1) is 22.7 Å². The number of thiophene rings is 2. The van der Waals surface area contributed by atoms with Crippen molar-refractivity contribution in [3.8, 4) is 10.4 Å². The van der Waals surface area contributed by atoms with Gasteiger partial charge < -0.3 is 0 Å². The summed E-state index contributed by atoms with van der Waals surface area (Å²) in [6.07, 6.45) is 46.3. The number of unbranched alkanes of at least 4 members (excludes halogenated alkanes) is 27. The summed E-state index contributed by atoms with van der Waals surface area (Å²) in [5.74, 6) is -0.192. The SMILES string of the molecule is CCCCCCCCCCCCc1cc(C)sc1/C=C/c1sc(-c2ccc(C)c3c2C(=O)N(CCCCCCCCCCCC)C3=O)cc1CCCCCCCCCCCC. The number of carbonyl (C=O) groups is 2. The quantitative estimate of drug-likeness (QED) is 0.0431. The molecular formula is C56H87NO2S2. The Kier molecular flexibility index (Phi) is 25.6. The fourth-order valence-electron chi connectivity index (χ4n) is 9.32. The molecule has 0 fully saturated rings. The van der Waals surface area contributed by atoms with Crippen LogP contribution < -0.4 is 0 Å². The number of imide groups is 1. The van der Waals surface area contributed by atoms with Gasteiger partial charge in [-0.3, -0.25) is 14.5 Å². The third-order valence-corrected chi connectivity index (χ3v) is 15.4. The first kappa shape index (κ1) is 51.1. The zero-order chi connectivity index (χ0) is 43.5. The van der Waals surface area contributed by atoms with Crippen LogP contribution in [0, 0.1) is 13.8 Å². The van der Waals surface area contributed by atoms with Crippen molar-refractivity contribution in [1.29, 1.82) is 0 Å². The van der Waals surface area contributed by atoms with Crippen LogP contribution in [0.1, 0.15) is 265 Å². The van der Waals surface area contributed by atoms with Gasteiger partial charge >= 0.3 is 0 Å². The molecule has 0 saturated carbocycles. The summed E-state index contributed by atoms with van der Waals surface area (Å²) in [5, 5.41) is 0. The van der Waals surface area contributed by atoms with Gasteiger partial charge in [-0.25, -0.2) is 0 Å². The molecule has 0 unspecified atom stereocenters. The molecule has 1 aromatic carbocycles. The molecule has 2 aromatic heterocycles. The molecule has 2 amide bonds. The molecule has 0 radical (unpaired) electrons. The van der Waals surface area contributed by atoms with Gasteiger partial charge in [0, 0.05) is 31.6 Å². The van der Waals surface area contributed by atoms with E-state index in [1.54, 1.807) is 4.90 Å². The third kappa shape index (κ3) is 17.9. The molecule has 3 aromatic rings. The lowest BCUT2D eigenvalue weighted by Gasteiger charge is -2.13. The van der Waals surface area contributed by atoms with E-state index >= 15 is 0 Å². The number of aryl methyl sites for hydroxylation is 4. The maximum atomic E-state index is 14.2. The Hall–Kier alpha value is -2.50. The van der Waals surface area contributed by atoms with Gasteiger partial charge in [0.25, 0.3) is 11.8 Å². The van der Waals surface area contributed by atoms with Crippen LogP contribution in [0.5, 0.6) is 0 Å². The maximum absolute atomic E-state index is 14.2. The van der Waals surface area contributed by atoms with Crippen molar-refractivity contribution in [1.82, 2.24) is 4.90 Å². The maximum Gasteiger partial charge on any atom is 0.262 e. The van der Waals surface area contributed by atoms with E-state index in [4.69, 9.17) is 0 Å². The molecule has 3 heterocycles. The summed E-state index contributed by atoms with van der Waals surface area (Å²) < 4.78 is 0. The third-order valence-electron chi connectivity index (χ3n) is 13.1. The Labute approximate surface area is 383 Å². The highest BCUT2D eigenvalue weighted by Crippen LogP contribution is 2.41. The molecule has 1 aliphatic rings. The largest absolute Gasteiger partial charge is 0.274 e. The van der Waals surface area contributed by atoms with E-state index in [1.165, 1.54) is 206 Å². The number of amides is 2. The smallest absolute Gasteiger partial charge is 0.262 e. The zero-order valence-corrected chi connectivity index (χ0v) is 41.5. The Morgan fingerprint density at radius 3 is 1.33 bits per heavy atom. The first-order chi connectivity index (χ1) is 29.9. The van der Waals surface area contributed by atoms with Crippen molar-refractivity contribution in [2.75, 3.05) is 6.54 Å². The number of fused-ring (bicyclic) bond motifs is 1. The first-order valence-electron chi connectivity index (χ1n) is 25.8. The first-order valence-corrected chi connectivity index (χ1v) is 27.4. The number of hydrogen-bond acceptors (Lipinski definition) is 4. The summed E-state index contributed by atoms with van der Waals surface area (Å²) >= 11 is 3.73. The lowest BCUT2D eigenvalue weighted by molar-refractivity contribution is 0.0651. The van der Waals surface area contributed by atoms with Crippen LogP contribution in [0.3, 0.4) is 0 Å². The zero-order valence-electron chi connectivity index (χ0n) is 39.9. The van der Waals surface area contributed by atoms with E-state index in [2.05, 4.69) is 64.1 Å². The van der Waals surface area contributed by atoms with Gasteiger partial charge in [0.2, 0.25) is 0 Å². The van der Waals surface area contributed by atoms with Crippen molar-refractivity contribution in [2.45, 2.75) is 240 Å². The van der Waals surface area contributed by atoms with E-state index in [0.717, 1.165) is 41.7 Å². The van der Waals surface area contributed by atoms with E-state index in [1.807, 2.05) is 29.6 Å². The lowest BCUT2D eigenvalue weighted by Crippen LogP contribution is -2.30. The van der Waals surface area contributed by atoms with Crippen molar-refractivity contribution in [2.24, 2.45) is 0 Å². The standard InChI is InChI=1S/C56H87NO2S2/c1-6-9-12-15-18-21-24-27-30-33-36-47-43-46(5)60-50(47)40-41-51-48(37-34-31-28-25-22-19-16-13-10-7-2)44-52(61-51)49-39-38-45(4)53-54(49)56(59)57(55(53)58)42-35-32-29-26-23-20-17-14-11-8-3/h38-41,43-44H,6-37,42H2,1-5H3/b41-40+. The fourth-order valence-corrected chi connectivity index (χ4v) is 11.4. The highest BCUT2D eigenvalue weighted by Gasteiger charge is 2.38. The molecule has 340 valence electrons. The van der Waals surface area contributed by atoms with Crippen molar-refractivity contribution < 1.29 is 9.59 Å². The van der Waals surface area contributed by atoms with Crippen LogP contribution in [0.15, 0.2) is 24.3 Å². The molecule has 0 spiro atoms. The van der Waals surface area contributed by atoms with Crippen LogP contribution >= 0.6 is 22.7 Å². The van der Waals surface area contributed by atoms with Gasteiger partial charge in [0.15, 0.2) is 0 Å².